The third kappa shape index (κ3) is 4.76. The summed E-state index contributed by atoms with van der Waals surface area (Å²) < 4.78 is 11.3. The highest BCUT2D eigenvalue weighted by Crippen LogP contribution is 2.26. The van der Waals surface area contributed by atoms with Crippen molar-refractivity contribution in [2.75, 3.05) is 7.11 Å². The van der Waals surface area contributed by atoms with Crippen LogP contribution in [-0.4, -0.2) is 18.2 Å². The average molecular weight is 360 g/mol. The number of rotatable bonds is 7. The van der Waals surface area contributed by atoms with Crippen molar-refractivity contribution in [3.8, 4) is 11.5 Å². The van der Waals surface area contributed by atoms with Crippen LogP contribution in [0, 0.1) is 0 Å². The van der Waals surface area contributed by atoms with Crippen molar-refractivity contribution in [1.29, 1.82) is 0 Å². The lowest BCUT2D eigenvalue weighted by molar-refractivity contribution is 0.0696. The minimum Gasteiger partial charge on any atom is -0.496 e. The molecule has 0 aliphatic rings. The van der Waals surface area contributed by atoms with Gasteiger partial charge in [0.2, 0.25) is 0 Å². The van der Waals surface area contributed by atoms with E-state index in [4.69, 9.17) is 14.6 Å². The average Bonchev–Trinajstić information content (AvgIpc) is 2.71. The molecule has 0 atom stereocenters. The largest absolute Gasteiger partial charge is 0.496 e. The number of methoxy groups -OCH3 is 1. The zero-order valence-corrected chi connectivity index (χ0v) is 15.0. The lowest BCUT2D eigenvalue weighted by atomic mass is 10.1. The standard InChI is InChI=1S/C23H20O4/c1-26-22-15-20(23(24)25)14-13-19(22)12-11-18-9-5-6-10-21(18)27-16-17-7-3-2-4-8-17/h2-15H,16H2,1H3,(H,24,25)/b12-11+. The second kappa shape index (κ2) is 8.72. The minimum absolute atomic E-state index is 0.190. The van der Waals surface area contributed by atoms with Gasteiger partial charge in [-0.25, -0.2) is 4.79 Å². The summed E-state index contributed by atoms with van der Waals surface area (Å²) in [5.74, 6) is 0.302. The van der Waals surface area contributed by atoms with Crippen LogP contribution in [0.15, 0.2) is 72.8 Å². The van der Waals surface area contributed by atoms with Crippen LogP contribution < -0.4 is 9.47 Å². The Balaban J connectivity index is 1.80. The molecule has 3 rings (SSSR count). The number of para-hydroxylation sites is 1. The second-order valence-corrected chi connectivity index (χ2v) is 5.91. The van der Waals surface area contributed by atoms with Crippen LogP contribution in [0.25, 0.3) is 12.2 Å². The normalized spacial score (nSPS) is 10.7. The molecule has 3 aromatic carbocycles. The molecule has 0 amide bonds. The van der Waals surface area contributed by atoms with E-state index in [1.165, 1.54) is 13.2 Å². The molecular formula is C23H20O4. The first kappa shape index (κ1) is 18.3. The Morgan fingerprint density at radius 1 is 0.889 bits per heavy atom. The fourth-order valence-electron chi connectivity index (χ4n) is 2.65. The summed E-state index contributed by atoms with van der Waals surface area (Å²) in [4.78, 5) is 11.1. The Labute approximate surface area is 158 Å². The summed E-state index contributed by atoms with van der Waals surface area (Å²) in [6.07, 6.45) is 3.81. The first-order valence-electron chi connectivity index (χ1n) is 8.52. The van der Waals surface area contributed by atoms with Gasteiger partial charge in [-0.15, -0.1) is 0 Å². The number of carbonyl (C=O) groups is 1. The van der Waals surface area contributed by atoms with E-state index >= 15 is 0 Å². The van der Waals surface area contributed by atoms with E-state index in [1.807, 2.05) is 66.7 Å². The molecular weight excluding hydrogens is 340 g/mol. The van der Waals surface area contributed by atoms with E-state index in [-0.39, 0.29) is 5.56 Å². The Morgan fingerprint density at radius 3 is 2.26 bits per heavy atom. The second-order valence-electron chi connectivity index (χ2n) is 5.91. The van der Waals surface area contributed by atoms with E-state index < -0.39 is 5.97 Å². The molecule has 4 nitrogen and oxygen atoms in total. The number of benzene rings is 3. The summed E-state index contributed by atoms with van der Waals surface area (Å²) >= 11 is 0. The molecule has 136 valence electrons. The Bertz CT molecular complexity index is 946. The first-order chi connectivity index (χ1) is 13.2. The minimum atomic E-state index is -0.983. The van der Waals surface area contributed by atoms with Gasteiger partial charge in [-0.2, -0.15) is 0 Å². The number of aromatic carboxylic acids is 1. The molecule has 0 aromatic heterocycles. The third-order valence-corrected chi connectivity index (χ3v) is 4.08. The monoisotopic (exact) mass is 360 g/mol. The van der Waals surface area contributed by atoms with Gasteiger partial charge in [-0.05, 0) is 23.8 Å². The molecule has 0 aliphatic carbocycles. The van der Waals surface area contributed by atoms with Gasteiger partial charge in [0.15, 0.2) is 0 Å². The van der Waals surface area contributed by atoms with Crippen LogP contribution in [0.2, 0.25) is 0 Å². The lowest BCUT2D eigenvalue weighted by Crippen LogP contribution is -1.98. The molecule has 0 fully saturated rings. The van der Waals surface area contributed by atoms with Crippen molar-refractivity contribution in [2.24, 2.45) is 0 Å². The topological polar surface area (TPSA) is 55.8 Å². The van der Waals surface area contributed by atoms with Crippen molar-refractivity contribution < 1.29 is 19.4 Å². The summed E-state index contributed by atoms with van der Waals surface area (Å²) in [5, 5.41) is 9.10. The van der Waals surface area contributed by atoms with Gasteiger partial charge in [-0.1, -0.05) is 66.7 Å². The van der Waals surface area contributed by atoms with Gasteiger partial charge in [0.1, 0.15) is 18.1 Å². The molecule has 0 aliphatic heterocycles. The van der Waals surface area contributed by atoms with Gasteiger partial charge >= 0.3 is 5.97 Å². The van der Waals surface area contributed by atoms with Crippen molar-refractivity contribution >= 4 is 18.1 Å². The van der Waals surface area contributed by atoms with Gasteiger partial charge in [0.25, 0.3) is 0 Å². The van der Waals surface area contributed by atoms with Crippen molar-refractivity contribution in [3.05, 3.63) is 95.1 Å². The molecule has 4 heteroatoms. The molecule has 0 spiro atoms. The highest BCUT2D eigenvalue weighted by atomic mass is 16.5. The van der Waals surface area contributed by atoms with E-state index in [0.717, 1.165) is 22.4 Å². The van der Waals surface area contributed by atoms with Gasteiger partial charge in [-0.3, -0.25) is 0 Å². The maximum absolute atomic E-state index is 11.1. The third-order valence-electron chi connectivity index (χ3n) is 4.08. The van der Waals surface area contributed by atoms with Crippen molar-refractivity contribution in [2.45, 2.75) is 6.61 Å². The van der Waals surface area contributed by atoms with Crippen LogP contribution in [0.1, 0.15) is 27.0 Å². The highest BCUT2D eigenvalue weighted by molar-refractivity contribution is 5.89. The molecule has 0 bridgehead atoms. The van der Waals surface area contributed by atoms with E-state index in [2.05, 4.69) is 0 Å². The summed E-state index contributed by atoms with van der Waals surface area (Å²) in [7, 11) is 1.52. The molecule has 0 radical (unpaired) electrons. The Kier molecular flexibility index (Phi) is 5.90. The van der Waals surface area contributed by atoms with Crippen LogP contribution in [0.3, 0.4) is 0 Å². The number of ether oxygens (including phenoxy) is 2. The van der Waals surface area contributed by atoms with Gasteiger partial charge < -0.3 is 14.6 Å². The number of carboxylic acids is 1. The fourth-order valence-corrected chi connectivity index (χ4v) is 2.65. The van der Waals surface area contributed by atoms with Crippen LogP contribution in [-0.2, 0) is 6.61 Å². The van der Waals surface area contributed by atoms with E-state index in [9.17, 15) is 4.79 Å². The highest BCUT2D eigenvalue weighted by Gasteiger charge is 2.07. The zero-order valence-electron chi connectivity index (χ0n) is 15.0. The van der Waals surface area contributed by atoms with Crippen LogP contribution >= 0.6 is 0 Å². The number of carboxylic acid groups (broad SMARTS) is 1. The fraction of sp³-hybridized carbons (Fsp3) is 0.0870. The molecule has 27 heavy (non-hydrogen) atoms. The lowest BCUT2D eigenvalue weighted by Gasteiger charge is -2.10. The van der Waals surface area contributed by atoms with E-state index in [0.29, 0.717) is 12.4 Å². The molecule has 0 saturated heterocycles. The predicted octanol–water partition coefficient (Wildman–Crippen LogP) is 5.14. The summed E-state index contributed by atoms with van der Waals surface area (Å²) in [5.41, 5.74) is 3.01. The Morgan fingerprint density at radius 2 is 1.56 bits per heavy atom. The van der Waals surface area contributed by atoms with Crippen molar-refractivity contribution in [1.82, 2.24) is 0 Å². The van der Waals surface area contributed by atoms with E-state index in [1.54, 1.807) is 12.1 Å². The summed E-state index contributed by atoms with van der Waals surface area (Å²) in [6, 6.07) is 22.6. The zero-order chi connectivity index (χ0) is 19.1. The first-order valence-corrected chi connectivity index (χ1v) is 8.52. The quantitative estimate of drug-likeness (QED) is 0.593. The van der Waals surface area contributed by atoms with Crippen LogP contribution in [0.4, 0.5) is 0 Å². The summed E-state index contributed by atoms with van der Waals surface area (Å²) in [6.45, 7) is 0.488. The van der Waals surface area contributed by atoms with Gasteiger partial charge in [0, 0.05) is 11.1 Å². The maximum Gasteiger partial charge on any atom is 0.335 e. The Hall–Kier alpha value is -3.53. The molecule has 0 unspecified atom stereocenters. The smallest absolute Gasteiger partial charge is 0.335 e. The van der Waals surface area contributed by atoms with Crippen LogP contribution in [0.5, 0.6) is 11.5 Å². The van der Waals surface area contributed by atoms with Gasteiger partial charge in [0.05, 0.1) is 12.7 Å². The maximum atomic E-state index is 11.1. The molecule has 0 heterocycles. The number of hydrogen-bond acceptors (Lipinski definition) is 3. The van der Waals surface area contributed by atoms with Crippen molar-refractivity contribution in [3.63, 3.8) is 0 Å². The molecule has 0 saturated carbocycles. The molecule has 3 aromatic rings. The number of hydrogen-bond donors (Lipinski definition) is 1. The molecule has 1 N–H and O–H groups in total. The SMILES string of the molecule is COc1cc(C(=O)O)ccc1/C=C/c1ccccc1OCc1ccccc1. The predicted molar refractivity (Wildman–Crippen MR) is 106 cm³/mol.